The van der Waals surface area contributed by atoms with Gasteiger partial charge in [0.1, 0.15) is 12.6 Å². The predicted octanol–water partition coefficient (Wildman–Crippen LogP) is -0.326. The Morgan fingerprint density at radius 2 is 2.11 bits per heavy atom. The molecule has 3 N–H and O–H groups in total. The number of ether oxygens (including phenoxy) is 1. The van der Waals surface area contributed by atoms with Crippen LogP contribution in [0.1, 0.15) is 20.3 Å². The molecule has 1 fully saturated rings. The second-order valence-corrected chi connectivity index (χ2v) is 4.92. The van der Waals surface area contributed by atoms with E-state index in [9.17, 15) is 9.59 Å². The fourth-order valence-corrected chi connectivity index (χ4v) is 1.95. The first-order valence-corrected chi connectivity index (χ1v) is 6.34. The van der Waals surface area contributed by atoms with Crippen LogP contribution in [0, 0.1) is 5.92 Å². The first kappa shape index (κ1) is 18.1. The highest BCUT2D eigenvalue weighted by atomic mass is 35.5. The van der Waals surface area contributed by atoms with Crippen molar-refractivity contribution in [3.05, 3.63) is 0 Å². The monoisotopic (exact) mass is 293 g/mol. The number of halogens is 1. The van der Waals surface area contributed by atoms with Gasteiger partial charge in [0.25, 0.3) is 0 Å². The lowest BCUT2D eigenvalue weighted by atomic mass is 10.0. The molecule has 1 aliphatic heterocycles. The molecule has 1 unspecified atom stereocenters. The zero-order valence-electron chi connectivity index (χ0n) is 11.7. The van der Waals surface area contributed by atoms with Crippen molar-refractivity contribution < 1.29 is 14.3 Å². The number of methoxy groups -OCH3 is 1. The van der Waals surface area contributed by atoms with Gasteiger partial charge in [-0.25, -0.2) is 0 Å². The average molecular weight is 294 g/mol. The molecule has 0 spiro atoms. The fourth-order valence-electron chi connectivity index (χ4n) is 1.95. The third-order valence-corrected chi connectivity index (χ3v) is 2.95. The zero-order chi connectivity index (χ0) is 13.5. The van der Waals surface area contributed by atoms with Crippen molar-refractivity contribution in [1.29, 1.82) is 0 Å². The molecule has 1 aliphatic rings. The molecule has 0 aromatic carbocycles. The van der Waals surface area contributed by atoms with Gasteiger partial charge in [0.2, 0.25) is 11.8 Å². The van der Waals surface area contributed by atoms with Crippen molar-refractivity contribution in [2.75, 3.05) is 26.8 Å². The summed E-state index contributed by atoms with van der Waals surface area (Å²) in [4.78, 5) is 23.6. The molecule has 0 bridgehead atoms. The largest absolute Gasteiger partial charge is 0.375 e. The maximum atomic E-state index is 12.1. The van der Waals surface area contributed by atoms with Crippen LogP contribution in [0.5, 0.6) is 0 Å². The third kappa shape index (κ3) is 6.22. The summed E-state index contributed by atoms with van der Waals surface area (Å²) in [6, 6.07) is -0.341. The molecule has 6 nitrogen and oxygen atoms in total. The summed E-state index contributed by atoms with van der Waals surface area (Å²) < 4.78 is 4.74. The molecule has 1 rings (SSSR count). The Morgan fingerprint density at radius 3 is 2.58 bits per heavy atom. The second-order valence-electron chi connectivity index (χ2n) is 4.92. The molecule has 0 radical (unpaired) electrons. The van der Waals surface area contributed by atoms with Crippen molar-refractivity contribution in [3.63, 3.8) is 0 Å². The van der Waals surface area contributed by atoms with Crippen LogP contribution in [0.15, 0.2) is 0 Å². The Morgan fingerprint density at radius 1 is 1.42 bits per heavy atom. The normalized spacial score (nSPS) is 19.7. The summed E-state index contributed by atoms with van der Waals surface area (Å²) in [5.74, 6) is -0.348. The van der Waals surface area contributed by atoms with E-state index in [2.05, 4.69) is 16.0 Å². The van der Waals surface area contributed by atoms with Crippen LogP contribution < -0.4 is 16.0 Å². The summed E-state index contributed by atoms with van der Waals surface area (Å²) in [6.07, 6.45) is 0.933. The highest BCUT2D eigenvalue weighted by Gasteiger charge is 2.26. The van der Waals surface area contributed by atoms with Crippen LogP contribution in [0.2, 0.25) is 0 Å². The lowest BCUT2D eigenvalue weighted by molar-refractivity contribution is -0.132. The summed E-state index contributed by atoms with van der Waals surface area (Å²) in [6.45, 7) is 5.51. The molecular weight excluding hydrogens is 270 g/mol. The summed E-state index contributed by atoms with van der Waals surface area (Å²) in [5, 5.41) is 8.83. The zero-order valence-corrected chi connectivity index (χ0v) is 12.5. The Labute approximate surface area is 120 Å². The van der Waals surface area contributed by atoms with Gasteiger partial charge in [-0.05, 0) is 18.9 Å². The van der Waals surface area contributed by atoms with E-state index in [4.69, 9.17) is 4.74 Å². The van der Waals surface area contributed by atoms with Gasteiger partial charge in [-0.15, -0.1) is 12.4 Å². The van der Waals surface area contributed by atoms with Crippen molar-refractivity contribution >= 4 is 24.2 Å². The van der Waals surface area contributed by atoms with Gasteiger partial charge in [0, 0.05) is 19.7 Å². The van der Waals surface area contributed by atoms with Crippen LogP contribution in [0.25, 0.3) is 0 Å². The second kappa shape index (κ2) is 9.12. The van der Waals surface area contributed by atoms with Gasteiger partial charge < -0.3 is 20.7 Å². The molecule has 19 heavy (non-hydrogen) atoms. The van der Waals surface area contributed by atoms with E-state index in [0.717, 1.165) is 19.5 Å². The van der Waals surface area contributed by atoms with Crippen molar-refractivity contribution in [3.8, 4) is 0 Å². The first-order valence-electron chi connectivity index (χ1n) is 6.34. The van der Waals surface area contributed by atoms with Crippen LogP contribution in [0.3, 0.4) is 0 Å². The lowest BCUT2D eigenvalue weighted by Gasteiger charge is -2.23. The number of carbonyl (C=O) groups excluding carboxylic acids is 2. The highest BCUT2D eigenvalue weighted by molar-refractivity contribution is 5.88. The number of carbonyl (C=O) groups is 2. The number of amides is 2. The van der Waals surface area contributed by atoms with E-state index in [1.54, 1.807) is 0 Å². The van der Waals surface area contributed by atoms with Crippen molar-refractivity contribution in [2.24, 2.45) is 5.92 Å². The fraction of sp³-hybridized carbons (Fsp3) is 0.833. The Hall–Kier alpha value is -0.850. The molecular formula is C12H24ClN3O3. The third-order valence-electron chi connectivity index (χ3n) is 2.95. The Bertz CT molecular complexity index is 294. The molecule has 1 heterocycles. The van der Waals surface area contributed by atoms with E-state index < -0.39 is 6.04 Å². The summed E-state index contributed by atoms with van der Waals surface area (Å²) >= 11 is 0. The SMILES string of the molecule is COCC(=O)N[C@H](C(=O)NC1CCNC1)C(C)C.Cl. The predicted molar refractivity (Wildman–Crippen MR) is 75.3 cm³/mol. The van der Waals surface area contributed by atoms with Crippen LogP contribution in [-0.4, -0.2) is 50.7 Å². The first-order chi connectivity index (χ1) is 8.54. The Balaban J connectivity index is 0.00000324. The van der Waals surface area contributed by atoms with Gasteiger partial charge >= 0.3 is 0 Å². The molecule has 0 aromatic heterocycles. The minimum atomic E-state index is -0.506. The van der Waals surface area contributed by atoms with E-state index in [1.807, 2.05) is 13.8 Å². The topological polar surface area (TPSA) is 79.5 Å². The van der Waals surface area contributed by atoms with Gasteiger partial charge in [0.15, 0.2) is 0 Å². The van der Waals surface area contributed by atoms with Crippen LogP contribution >= 0.6 is 12.4 Å². The number of hydrogen-bond donors (Lipinski definition) is 3. The van der Waals surface area contributed by atoms with E-state index >= 15 is 0 Å². The van der Waals surface area contributed by atoms with Gasteiger partial charge in [0.05, 0.1) is 0 Å². The smallest absolute Gasteiger partial charge is 0.246 e. The molecule has 112 valence electrons. The number of rotatable bonds is 6. The van der Waals surface area contributed by atoms with E-state index in [1.165, 1.54) is 7.11 Å². The molecule has 0 saturated carbocycles. The maximum Gasteiger partial charge on any atom is 0.246 e. The Kier molecular flexibility index (Phi) is 8.71. The van der Waals surface area contributed by atoms with Gasteiger partial charge in [-0.2, -0.15) is 0 Å². The van der Waals surface area contributed by atoms with Gasteiger partial charge in [-0.3, -0.25) is 9.59 Å². The quantitative estimate of drug-likeness (QED) is 0.627. The lowest BCUT2D eigenvalue weighted by Crippen LogP contribution is -2.53. The summed E-state index contributed by atoms with van der Waals surface area (Å²) in [5.41, 5.74) is 0. The minimum absolute atomic E-state index is 0. The van der Waals surface area contributed by atoms with Crippen LogP contribution in [0.4, 0.5) is 0 Å². The minimum Gasteiger partial charge on any atom is -0.375 e. The standard InChI is InChI=1S/C12H23N3O3.ClH/c1-8(2)11(15-10(16)7-18-3)12(17)14-9-4-5-13-6-9;/h8-9,11,13H,4-7H2,1-3H3,(H,14,17)(H,15,16);1H/t9?,11-;/m0./s1. The number of nitrogens with one attached hydrogen (secondary N) is 3. The molecule has 7 heteroatoms. The van der Waals surface area contributed by atoms with E-state index in [0.29, 0.717) is 0 Å². The molecule has 0 aromatic rings. The van der Waals surface area contributed by atoms with Crippen molar-refractivity contribution in [1.82, 2.24) is 16.0 Å². The van der Waals surface area contributed by atoms with Gasteiger partial charge in [-0.1, -0.05) is 13.8 Å². The van der Waals surface area contributed by atoms with E-state index in [-0.39, 0.29) is 42.8 Å². The van der Waals surface area contributed by atoms with Crippen molar-refractivity contribution in [2.45, 2.75) is 32.4 Å². The molecule has 1 saturated heterocycles. The molecule has 2 atom stereocenters. The molecule has 2 amide bonds. The highest BCUT2D eigenvalue weighted by Crippen LogP contribution is 2.04. The average Bonchev–Trinajstić information content (AvgIpc) is 2.78. The molecule has 0 aliphatic carbocycles. The summed E-state index contributed by atoms with van der Waals surface area (Å²) in [7, 11) is 1.45. The van der Waals surface area contributed by atoms with Crippen LogP contribution in [-0.2, 0) is 14.3 Å². The number of hydrogen-bond acceptors (Lipinski definition) is 4. The maximum absolute atomic E-state index is 12.1.